The van der Waals surface area contributed by atoms with E-state index in [2.05, 4.69) is 18.1 Å². The van der Waals surface area contributed by atoms with Gasteiger partial charge in [0, 0.05) is 16.8 Å². The van der Waals surface area contributed by atoms with E-state index in [1.54, 1.807) is 6.08 Å². The fourth-order valence-electron chi connectivity index (χ4n) is 1.26. The molecule has 0 aliphatic carbocycles. The molecule has 0 aliphatic rings. The zero-order valence-corrected chi connectivity index (χ0v) is 8.56. The zero-order chi connectivity index (χ0) is 12.1. The van der Waals surface area contributed by atoms with Crippen LogP contribution in [0, 0.1) is 0 Å². The Morgan fingerprint density at radius 2 is 1.94 bits per heavy atom. The number of nitrogens with one attached hydrogen (secondary N) is 1. The molecule has 1 aromatic rings. The number of pyridine rings is 1. The lowest BCUT2D eigenvalue weighted by molar-refractivity contribution is 0.0695. The Balaban J connectivity index is 3.83. The third-order valence-electron chi connectivity index (χ3n) is 1.95. The van der Waals surface area contributed by atoms with Gasteiger partial charge in [0.1, 0.15) is 5.56 Å². The van der Waals surface area contributed by atoms with Gasteiger partial charge in [-0.3, -0.25) is 4.79 Å². The summed E-state index contributed by atoms with van der Waals surface area (Å²) in [5.41, 5.74) is -0.839. The molecule has 0 aliphatic heterocycles. The molecule has 2 N–H and O–H groups in total. The molecular weight excluding hydrogens is 206 g/mol. The maximum atomic E-state index is 11.8. The minimum Gasteiger partial charge on any atom is -0.477 e. The van der Waals surface area contributed by atoms with E-state index in [-0.39, 0.29) is 10.8 Å². The summed E-state index contributed by atoms with van der Waals surface area (Å²) in [5.74, 6) is -1.26. The molecule has 0 aromatic carbocycles. The van der Waals surface area contributed by atoms with Crippen molar-refractivity contribution in [2.45, 2.75) is 0 Å². The summed E-state index contributed by atoms with van der Waals surface area (Å²) >= 11 is 0. The highest BCUT2D eigenvalue weighted by Crippen LogP contribution is 1.82. The SMILES string of the molecule is C=C/C=c1/[nH]cc(C(=O)O)c(=O)/c1=C/C=C. The monoisotopic (exact) mass is 217 g/mol. The summed E-state index contributed by atoms with van der Waals surface area (Å²) in [7, 11) is 0. The number of carbonyl (C=O) groups is 1. The fourth-order valence-corrected chi connectivity index (χ4v) is 1.26. The van der Waals surface area contributed by atoms with Gasteiger partial charge in [-0.25, -0.2) is 4.79 Å². The second-order valence-electron chi connectivity index (χ2n) is 2.97. The lowest BCUT2D eigenvalue weighted by Crippen LogP contribution is -2.43. The standard InChI is InChI=1S/C12H11NO3/c1-3-5-8-10(6-4-2)13-7-9(11(8)14)12(15)16/h3-7,13H,1-2H2,(H,15,16)/b8-5+,10-6+. The number of allylic oxidation sites excluding steroid dienone is 2. The number of rotatable bonds is 3. The Morgan fingerprint density at radius 1 is 1.31 bits per heavy atom. The van der Waals surface area contributed by atoms with Crippen LogP contribution in [0.15, 0.2) is 36.3 Å². The van der Waals surface area contributed by atoms with Gasteiger partial charge in [-0.2, -0.15) is 0 Å². The fraction of sp³-hybridized carbons (Fsp3) is 0. The molecule has 82 valence electrons. The molecule has 1 aromatic heterocycles. The predicted molar refractivity (Wildman–Crippen MR) is 62.6 cm³/mol. The molecule has 4 heteroatoms. The highest BCUT2D eigenvalue weighted by molar-refractivity contribution is 5.87. The highest BCUT2D eigenvalue weighted by Gasteiger charge is 2.08. The van der Waals surface area contributed by atoms with Crippen molar-refractivity contribution in [2.75, 3.05) is 0 Å². The van der Waals surface area contributed by atoms with Crippen molar-refractivity contribution in [1.29, 1.82) is 0 Å². The van der Waals surface area contributed by atoms with E-state index in [4.69, 9.17) is 5.11 Å². The molecule has 0 atom stereocenters. The minimum atomic E-state index is -1.26. The van der Waals surface area contributed by atoms with Crippen LogP contribution in [0.25, 0.3) is 12.2 Å². The van der Waals surface area contributed by atoms with Crippen LogP contribution in [0.3, 0.4) is 0 Å². The van der Waals surface area contributed by atoms with E-state index >= 15 is 0 Å². The quantitative estimate of drug-likeness (QED) is 0.749. The van der Waals surface area contributed by atoms with Crippen molar-refractivity contribution >= 4 is 18.1 Å². The van der Waals surface area contributed by atoms with E-state index in [1.807, 2.05) is 0 Å². The molecule has 0 bridgehead atoms. The minimum absolute atomic E-state index is 0.259. The molecule has 1 rings (SSSR count). The van der Waals surface area contributed by atoms with Crippen LogP contribution >= 0.6 is 0 Å². The first kappa shape index (κ1) is 11.7. The first-order valence-electron chi connectivity index (χ1n) is 4.52. The highest BCUT2D eigenvalue weighted by atomic mass is 16.4. The van der Waals surface area contributed by atoms with E-state index in [9.17, 15) is 9.59 Å². The topological polar surface area (TPSA) is 70.2 Å². The molecule has 4 nitrogen and oxygen atoms in total. The summed E-state index contributed by atoms with van der Waals surface area (Å²) in [6, 6.07) is 0. The molecule has 0 fully saturated rings. The van der Waals surface area contributed by atoms with E-state index in [0.29, 0.717) is 5.35 Å². The Bertz CT molecular complexity index is 608. The molecular formula is C12H11NO3. The summed E-state index contributed by atoms with van der Waals surface area (Å²) in [6.07, 6.45) is 7.15. The van der Waals surface area contributed by atoms with Crippen LogP contribution in [0.4, 0.5) is 0 Å². The lowest BCUT2D eigenvalue weighted by Gasteiger charge is -1.94. The molecule has 0 spiro atoms. The van der Waals surface area contributed by atoms with Crippen LogP contribution in [0.2, 0.25) is 0 Å². The Morgan fingerprint density at radius 3 is 2.44 bits per heavy atom. The summed E-state index contributed by atoms with van der Waals surface area (Å²) in [5, 5.41) is 9.55. The summed E-state index contributed by atoms with van der Waals surface area (Å²) in [6.45, 7) is 6.99. The van der Waals surface area contributed by atoms with Crippen molar-refractivity contribution in [3.8, 4) is 0 Å². The van der Waals surface area contributed by atoms with Crippen molar-refractivity contribution in [1.82, 2.24) is 4.98 Å². The molecule has 0 saturated heterocycles. The third kappa shape index (κ3) is 2.17. The van der Waals surface area contributed by atoms with Crippen molar-refractivity contribution < 1.29 is 9.90 Å². The predicted octanol–water partition coefficient (Wildman–Crippen LogP) is 0.00610. The number of hydrogen-bond acceptors (Lipinski definition) is 2. The molecule has 0 radical (unpaired) electrons. The Hall–Kier alpha value is -2.36. The van der Waals surface area contributed by atoms with Crippen molar-refractivity contribution in [3.05, 3.63) is 57.9 Å². The second-order valence-corrected chi connectivity index (χ2v) is 2.97. The van der Waals surface area contributed by atoms with Crippen LogP contribution < -0.4 is 16.0 Å². The van der Waals surface area contributed by atoms with E-state index < -0.39 is 11.4 Å². The molecule has 1 heterocycles. The number of aromatic amines is 1. The smallest absolute Gasteiger partial charge is 0.341 e. The van der Waals surface area contributed by atoms with Gasteiger partial charge in [-0.1, -0.05) is 25.3 Å². The number of hydrogen-bond donors (Lipinski definition) is 2. The van der Waals surface area contributed by atoms with Gasteiger partial charge in [-0.05, 0) is 12.2 Å². The van der Waals surface area contributed by atoms with Crippen molar-refractivity contribution in [3.63, 3.8) is 0 Å². The van der Waals surface area contributed by atoms with Gasteiger partial charge < -0.3 is 10.1 Å². The Kier molecular flexibility index (Phi) is 3.61. The molecule has 0 saturated carbocycles. The first-order valence-corrected chi connectivity index (χ1v) is 4.52. The van der Waals surface area contributed by atoms with Crippen LogP contribution in [0.1, 0.15) is 10.4 Å². The number of aromatic carboxylic acids is 1. The number of aromatic nitrogens is 1. The average Bonchev–Trinajstić information content (AvgIpc) is 2.23. The zero-order valence-electron chi connectivity index (χ0n) is 8.56. The second kappa shape index (κ2) is 4.93. The van der Waals surface area contributed by atoms with Crippen LogP contribution in [0.5, 0.6) is 0 Å². The summed E-state index contributed by atoms with van der Waals surface area (Å²) < 4.78 is 0. The van der Waals surface area contributed by atoms with Gasteiger partial charge in [0.15, 0.2) is 0 Å². The maximum absolute atomic E-state index is 11.8. The number of H-pyrrole nitrogens is 1. The van der Waals surface area contributed by atoms with Gasteiger partial charge in [0.25, 0.3) is 0 Å². The van der Waals surface area contributed by atoms with Crippen molar-refractivity contribution in [2.24, 2.45) is 0 Å². The van der Waals surface area contributed by atoms with E-state index in [0.717, 1.165) is 0 Å². The largest absolute Gasteiger partial charge is 0.477 e. The molecule has 0 amide bonds. The van der Waals surface area contributed by atoms with Gasteiger partial charge in [0.2, 0.25) is 5.43 Å². The van der Waals surface area contributed by atoms with Gasteiger partial charge in [0.05, 0.1) is 0 Å². The average molecular weight is 217 g/mol. The Labute approximate surface area is 91.6 Å². The van der Waals surface area contributed by atoms with Crippen LogP contribution in [-0.2, 0) is 0 Å². The first-order chi connectivity index (χ1) is 7.61. The number of carboxylic acid groups (broad SMARTS) is 1. The third-order valence-corrected chi connectivity index (χ3v) is 1.95. The van der Waals surface area contributed by atoms with Crippen LogP contribution in [-0.4, -0.2) is 16.1 Å². The molecule has 0 unspecified atom stereocenters. The van der Waals surface area contributed by atoms with Gasteiger partial charge in [-0.15, -0.1) is 0 Å². The molecule has 16 heavy (non-hydrogen) atoms. The summed E-state index contributed by atoms with van der Waals surface area (Å²) in [4.78, 5) is 25.2. The lowest BCUT2D eigenvalue weighted by atomic mass is 10.2. The normalized spacial score (nSPS) is 12.5. The van der Waals surface area contributed by atoms with E-state index in [1.165, 1.54) is 24.4 Å². The maximum Gasteiger partial charge on any atom is 0.341 e. The van der Waals surface area contributed by atoms with Gasteiger partial charge >= 0.3 is 5.97 Å². The number of carboxylic acids is 1.